The highest BCUT2D eigenvalue weighted by atomic mass is 35.5. The van der Waals surface area contributed by atoms with Crippen molar-refractivity contribution >= 4 is 47.8 Å². The van der Waals surface area contributed by atoms with E-state index in [9.17, 15) is 4.57 Å². The molecular weight excluding hydrogens is 332 g/mol. The molecule has 19 heavy (non-hydrogen) atoms. The first kappa shape index (κ1) is 16.7. The van der Waals surface area contributed by atoms with Crippen molar-refractivity contribution in [2.24, 2.45) is 5.16 Å². The summed E-state index contributed by atoms with van der Waals surface area (Å²) in [5, 5.41) is 4.82. The maximum Gasteiger partial charge on any atom is 0.608 e. The highest BCUT2D eigenvalue weighted by Gasteiger charge is 2.30. The first-order valence-electron chi connectivity index (χ1n) is 4.98. The van der Waals surface area contributed by atoms with E-state index in [-0.39, 0.29) is 10.8 Å². The summed E-state index contributed by atoms with van der Waals surface area (Å²) in [5.74, 6) is 0.133. The molecule has 0 aromatic heterocycles. The lowest BCUT2D eigenvalue weighted by molar-refractivity contribution is 0.186. The van der Waals surface area contributed by atoms with Crippen LogP contribution in [-0.4, -0.2) is 18.4 Å². The van der Waals surface area contributed by atoms with Crippen molar-refractivity contribution in [1.82, 2.24) is 0 Å². The molecular formula is C10H12Cl2NO4PS. The predicted molar refractivity (Wildman–Crippen MR) is 79.4 cm³/mol. The van der Waals surface area contributed by atoms with Crippen LogP contribution in [0.5, 0.6) is 5.75 Å². The minimum absolute atomic E-state index is 0.133. The second-order valence-electron chi connectivity index (χ2n) is 3.19. The van der Waals surface area contributed by atoms with Gasteiger partial charge in [-0.05, 0) is 31.4 Å². The van der Waals surface area contributed by atoms with Crippen molar-refractivity contribution in [3.05, 3.63) is 28.2 Å². The Morgan fingerprint density at radius 1 is 1.42 bits per heavy atom. The van der Waals surface area contributed by atoms with Gasteiger partial charge in [-0.1, -0.05) is 28.4 Å². The summed E-state index contributed by atoms with van der Waals surface area (Å²) in [7, 11) is -2.67. The number of halogens is 2. The maximum absolute atomic E-state index is 12.1. The Morgan fingerprint density at radius 2 is 2.11 bits per heavy atom. The Kier molecular flexibility index (Phi) is 6.50. The largest absolute Gasteiger partial charge is 0.608 e. The van der Waals surface area contributed by atoms with Crippen molar-refractivity contribution in [3.8, 4) is 5.75 Å². The molecule has 1 rings (SSSR count). The third-order valence-corrected chi connectivity index (χ3v) is 4.24. The molecule has 0 saturated carbocycles. The van der Waals surface area contributed by atoms with Gasteiger partial charge in [-0.3, -0.25) is 9.15 Å². The van der Waals surface area contributed by atoms with Crippen LogP contribution in [-0.2, 0) is 13.7 Å². The molecule has 0 radical (unpaired) electrons. The molecule has 106 valence electrons. The van der Waals surface area contributed by atoms with Crippen LogP contribution in [0.25, 0.3) is 0 Å². The summed E-state index contributed by atoms with van der Waals surface area (Å²) >= 11 is 13.0. The van der Waals surface area contributed by atoms with Gasteiger partial charge >= 0.3 is 7.82 Å². The molecule has 1 unspecified atom stereocenters. The van der Waals surface area contributed by atoms with Gasteiger partial charge in [0.1, 0.15) is 5.04 Å². The van der Waals surface area contributed by atoms with Crippen LogP contribution in [0, 0.1) is 0 Å². The number of hydrogen-bond acceptors (Lipinski definition) is 6. The van der Waals surface area contributed by atoms with Crippen molar-refractivity contribution < 1.29 is 18.2 Å². The lowest BCUT2D eigenvalue weighted by Crippen LogP contribution is -1.98. The Hall–Kier alpha value is -0.390. The molecule has 0 heterocycles. The highest BCUT2D eigenvalue weighted by molar-refractivity contribution is 8.13. The van der Waals surface area contributed by atoms with E-state index in [1.807, 2.05) is 0 Å². The van der Waals surface area contributed by atoms with Gasteiger partial charge in [0, 0.05) is 12.1 Å². The third kappa shape index (κ3) is 5.24. The number of nitrogens with zero attached hydrogens (tertiary/aromatic N) is 1. The Bertz CT molecular complexity index is 526. The standard InChI is InChI=1S/C10H12Cl2NO4PS/c1-7(19-3)13-17-18(14,15-2)16-10-5-4-8(11)6-9(10)12/h4-6H,1-3H3/b13-7+. The van der Waals surface area contributed by atoms with Crippen molar-refractivity contribution in [3.63, 3.8) is 0 Å². The zero-order valence-electron chi connectivity index (χ0n) is 10.4. The lowest BCUT2D eigenvalue weighted by atomic mass is 10.3. The van der Waals surface area contributed by atoms with Gasteiger partial charge in [0.2, 0.25) is 0 Å². The van der Waals surface area contributed by atoms with E-state index in [0.29, 0.717) is 10.1 Å². The molecule has 9 heteroatoms. The number of benzene rings is 1. The van der Waals surface area contributed by atoms with Crippen LogP contribution < -0.4 is 4.52 Å². The predicted octanol–water partition coefficient (Wildman–Crippen LogP) is 4.84. The normalized spacial score (nSPS) is 14.9. The van der Waals surface area contributed by atoms with Gasteiger partial charge in [0.25, 0.3) is 0 Å². The van der Waals surface area contributed by atoms with Crippen molar-refractivity contribution in [1.29, 1.82) is 0 Å². The van der Waals surface area contributed by atoms with Gasteiger partial charge < -0.3 is 4.52 Å². The van der Waals surface area contributed by atoms with E-state index in [1.54, 1.807) is 19.2 Å². The molecule has 0 N–H and O–H groups in total. The lowest BCUT2D eigenvalue weighted by Gasteiger charge is -2.14. The molecule has 0 aliphatic heterocycles. The summed E-state index contributed by atoms with van der Waals surface area (Å²) in [6.07, 6.45) is 1.80. The van der Waals surface area contributed by atoms with Crippen molar-refractivity contribution in [2.75, 3.05) is 13.4 Å². The number of thioether (sulfide) groups is 1. The first-order valence-corrected chi connectivity index (χ1v) is 8.42. The molecule has 0 fully saturated rings. The quantitative estimate of drug-likeness (QED) is 0.331. The smallest absolute Gasteiger partial charge is 0.392 e. The van der Waals surface area contributed by atoms with E-state index >= 15 is 0 Å². The van der Waals surface area contributed by atoms with Crippen LogP contribution in [0.4, 0.5) is 0 Å². The Balaban J connectivity index is 2.89. The molecule has 0 aliphatic rings. The third-order valence-electron chi connectivity index (χ3n) is 1.89. The van der Waals surface area contributed by atoms with Crippen LogP contribution >= 0.6 is 42.8 Å². The van der Waals surface area contributed by atoms with E-state index in [0.717, 1.165) is 0 Å². The van der Waals surface area contributed by atoms with Gasteiger partial charge in [-0.2, -0.15) is 0 Å². The molecule has 0 bridgehead atoms. The second kappa shape index (κ2) is 7.41. The highest BCUT2D eigenvalue weighted by Crippen LogP contribution is 2.50. The average molecular weight is 344 g/mol. The van der Waals surface area contributed by atoms with E-state index < -0.39 is 7.82 Å². The average Bonchev–Trinajstić information content (AvgIpc) is 2.39. The second-order valence-corrected chi connectivity index (χ2v) is 6.64. The molecule has 0 saturated heterocycles. The van der Waals surface area contributed by atoms with Crippen LogP contribution in [0.2, 0.25) is 10.0 Å². The fourth-order valence-corrected chi connectivity index (χ4v) is 2.37. The van der Waals surface area contributed by atoms with Gasteiger partial charge in [-0.15, -0.1) is 11.8 Å². The molecule has 0 spiro atoms. The fourth-order valence-electron chi connectivity index (χ4n) is 0.902. The zero-order chi connectivity index (χ0) is 14.5. The Labute approximate surface area is 125 Å². The minimum Gasteiger partial charge on any atom is -0.392 e. The number of oxime groups is 1. The molecule has 5 nitrogen and oxygen atoms in total. The fraction of sp³-hybridized carbons (Fsp3) is 0.300. The number of phosphoric ester groups is 1. The van der Waals surface area contributed by atoms with Crippen molar-refractivity contribution in [2.45, 2.75) is 6.92 Å². The van der Waals surface area contributed by atoms with Gasteiger partial charge in [-0.25, -0.2) is 4.57 Å². The molecule has 1 aromatic rings. The molecule has 0 aliphatic carbocycles. The first-order chi connectivity index (χ1) is 8.90. The molecule has 1 atom stereocenters. The van der Waals surface area contributed by atoms with E-state index in [4.69, 9.17) is 36.9 Å². The van der Waals surface area contributed by atoms with E-state index in [1.165, 1.54) is 31.0 Å². The Morgan fingerprint density at radius 3 is 2.63 bits per heavy atom. The number of rotatable bonds is 5. The minimum atomic E-state index is -3.86. The summed E-state index contributed by atoms with van der Waals surface area (Å²) in [5.41, 5.74) is 0. The topological polar surface area (TPSA) is 57.1 Å². The van der Waals surface area contributed by atoms with Crippen LogP contribution in [0.1, 0.15) is 6.92 Å². The molecule has 0 amide bonds. The summed E-state index contributed by atoms with van der Waals surface area (Å²) in [4.78, 5) is 0. The van der Waals surface area contributed by atoms with Gasteiger partial charge in [0.05, 0.1) is 5.02 Å². The van der Waals surface area contributed by atoms with E-state index in [2.05, 4.69) is 5.16 Å². The summed E-state index contributed by atoms with van der Waals surface area (Å²) in [6.45, 7) is 1.69. The van der Waals surface area contributed by atoms with Crippen LogP contribution in [0.15, 0.2) is 23.4 Å². The SMILES string of the molecule is COP(=O)(O/N=C(\C)SC)Oc1ccc(Cl)cc1Cl. The number of hydrogen-bond donors (Lipinski definition) is 0. The molecule has 1 aromatic carbocycles. The zero-order valence-corrected chi connectivity index (χ0v) is 13.6. The number of phosphoric acid groups is 1. The van der Waals surface area contributed by atoms with Gasteiger partial charge in [0.15, 0.2) is 5.75 Å². The summed E-state index contributed by atoms with van der Waals surface area (Å²) < 4.78 is 26.8. The monoisotopic (exact) mass is 343 g/mol. The maximum atomic E-state index is 12.1. The van der Waals surface area contributed by atoms with Crippen LogP contribution in [0.3, 0.4) is 0 Å². The summed E-state index contributed by atoms with van der Waals surface area (Å²) in [6, 6.07) is 4.46.